The van der Waals surface area contributed by atoms with Gasteiger partial charge in [-0.25, -0.2) is 4.98 Å². The average molecular weight is 344 g/mol. The van der Waals surface area contributed by atoms with E-state index < -0.39 is 0 Å². The van der Waals surface area contributed by atoms with Crippen LogP contribution in [-0.2, 0) is 0 Å². The minimum absolute atomic E-state index is 0.540. The number of rotatable bonds is 5. The van der Waals surface area contributed by atoms with Gasteiger partial charge in [0, 0.05) is 12.1 Å². The second-order valence-corrected chi connectivity index (χ2v) is 5.37. The summed E-state index contributed by atoms with van der Waals surface area (Å²) in [7, 11) is 0. The largest absolute Gasteiger partial charge is 0.492 e. The molecule has 25 heavy (non-hydrogen) atoms. The van der Waals surface area contributed by atoms with Crippen molar-refractivity contribution in [3.05, 3.63) is 42.5 Å². The number of likely N-dealkylation sites (tertiary alicyclic amines) is 1. The number of anilines is 1. The van der Waals surface area contributed by atoms with Crippen LogP contribution in [0, 0.1) is 0 Å². The van der Waals surface area contributed by atoms with Gasteiger partial charge in [0.2, 0.25) is 0 Å². The summed E-state index contributed by atoms with van der Waals surface area (Å²) in [5, 5.41) is 0. The summed E-state index contributed by atoms with van der Waals surface area (Å²) in [6, 6.07) is 13.7. The van der Waals surface area contributed by atoms with Gasteiger partial charge in [0.05, 0.1) is 5.69 Å². The fraction of sp³-hybridized carbons (Fsp3) is 0.476. The Morgan fingerprint density at radius 3 is 2.20 bits per heavy atom. The van der Waals surface area contributed by atoms with Crippen LogP contribution in [0.4, 0.5) is 5.82 Å². The summed E-state index contributed by atoms with van der Waals surface area (Å²) in [5.74, 6) is 1.44. The molecule has 4 nitrogen and oxygen atoms in total. The molecule has 4 heteroatoms. The number of benzene rings is 1. The van der Waals surface area contributed by atoms with Crippen molar-refractivity contribution < 1.29 is 4.74 Å². The van der Waals surface area contributed by atoms with Gasteiger partial charge in [0.1, 0.15) is 18.2 Å². The van der Waals surface area contributed by atoms with Crippen LogP contribution in [0.25, 0.3) is 11.3 Å². The Balaban J connectivity index is 0.000000730. The SMILES string of the molecule is CC.CC.Nc1cccc(-c2ccc(OCCN3CCCC3)cc2)n1. The number of nitrogens with zero attached hydrogens (tertiary/aromatic N) is 2. The molecule has 0 spiro atoms. The maximum atomic E-state index is 5.80. The van der Waals surface area contributed by atoms with Gasteiger partial charge in [-0.3, -0.25) is 4.90 Å². The van der Waals surface area contributed by atoms with Gasteiger partial charge in [-0.15, -0.1) is 0 Å². The molecule has 0 bridgehead atoms. The lowest BCUT2D eigenvalue weighted by Crippen LogP contribution is -2.25. The molecule has 0 aliphatic carbocycles. The van der Waals surface area contributed by atoms with Crippen molar-refractivity contribution in [2.45, 2.75) is 40.5 Å². The van der Waals surface area contributed by atoms with E-state index >= 15 is 0 Å². The molecule has 1 aliphatic rings. The Bertz CT molecular complexity index is 578. The summed E-state index contributed by atoms with van der Waals surface area (Å²) in [5.41, 5.74) is 7.65. The molecular weight excluding hydrogens is 310 g/mol. The zero-order chi connectivity index (χ0) is 18.5. The molecule has 3 rings (SSSR count). The molecule has 2 aromatic rings. The van der Waals surface area contributed by atoms with Crippen LogP contribution in [0.2, 0.25) is 0 Å². The van der Waals surface area contributed by atoms with Gasteiger partial charge in [-0.1, -0.05) is 33.8 Å². The summed E-state index contributed by atoms with van der Waals surface area (Å²) in [6.45, 7) is 12.2. The molecule has 0 amide bonds. The van der Waals surface area contributed by atoms with E-state index in [0.717, 1.165) is 30.2 Å². The Kier molecular flexibility index (Phi) is 10.3. The molecular formula is C21H33N3O. The van der Waals surface area contributed by atoms with Gasteiger partial charge < -0.3 is 10.5 Å². The van der Waals surface area contributed by atoms with E-state index in [0.29, 0.717) is 5.82 Å². The molecule has 1 aromatic carbocycles. The van der Waals surface area contributed by atoms with Gasteiger partial charge in [-0.2, -0.15) is 0 Å². The van der Waals surface area contributed by atoms with E-state index in [-0.39, 0.29) is 0 Å². The van der Waals surface area contributed by atoms with E-state index in [2.05, 4.69) is 9.88 Å². The zero-order valence-corrected chi connectivity index (χ0v) is 16.2. The average Bonchev–Trinajstić information content (AvgIpc) is 3.19. The lowest BCUT2D eigenvalue weighted by Gasteiger charge is -2.15. The quantitative estimate of drug-likeness (QED) is 0.842. The topological polar surface area (TPSA) is 51.4 Å². The Hall–Kier alpha value is -2.07. The first-order valence-corrected chi connectivity index (χ1v) is 9.49. The molecule has 138 valence electrons. The third-order valence-corrected chi connectivity index (χ3v) is 3.80. The van der Waals surface area contributed by atoms with Crippen LogP contribution in [0.5, 0.6) is 5.75 Å². The third-order valence-electron chi connectivity index (χ3n) is 3.80. The fourth-order valence-electron chi connectivity index (χ4n) is 2.63. The summed E-state index contributed by atoms with van der Waals surface area (Å²) in [6.07, 6.45) is 2.64. The van der Waals surface area contributed by atoms with Crippen molar-refractivity contribution in [3.63, 3.8) is 0 Å². The molecule has 0 unspecified atom stereocenters. The maximum Gasteiger partial charge on any atom is 0.124 e. The second-order valence-electron chi connectivity index (χ2n) is 5.37. The number of hydrogen-bond acceptors (Lipinski definition) is 4. The first-order valence-electron chi connectivity index (χ1n) is 9.49. The van der Waals surface area contributed by atoms with E-state index in [9.17, 15) is 0 Å². The van der Waals surface area contributed by atoms with Crippen LogP contribution < -0.4 is 10.5 Å². The second kappa shape index (κ2) is 12.3. The first kappa shape index (κ1) is 21.0. The predicted molar refractivity (Wildman–Crippen MR) is 108 cm³/mol. The highest BCUT2D eigenvalue weighted by Gasteiger charge is 2.10. The van der Waals surface area contributed by atoms with Crippen LogP contribution in [0.3, 0.4) is 0 Å². The summed E-state index contributed by atoms with van der Waals surface area (Å²) >= 11 is 0. The Morgan fingerprint density at radius 2 is 1.60 bits per heavy atom. The standard InChI is InChI=1S/C17H21N3O.2C2H6/c18-17-5-3-4-16(19-17)14-6-8-15(9-7-14)21-13-12-20-10-1-2-11-20;2*1-2/h3-9H,1-2,10-13H2,(H2,18,19);2*1-2H3. The maximum absolute atomic E-state index is 5.80. The van der Waals surface area contributed by atoms with E-state index in [4.69, 9.17) is 10.5 Å². The van der Waals surface area contributed by atoms with Crippen LogP contribution in [-0.4, -0.2) is 36.1 Å². The molecule has 1 saturated heterocycles. The molecule has 0 atom stereocenters. The van der Waals surface area contributed by atoms with Crippen molar-refractivity contribution in [1.29, 1.82) is 0 Å². The molecule has 1 aliphatic heterocycles. The number of aromatic nitrogens is 1. The first-order chi connectivity index (χ1) is 12.3. The lowest BCUT2D eigenvalue weighted by atomic mass is 10.1. The van der Waals surface area contributed by atoms with Gasteiger partial charge in [0.25, 0.3) is 0 Å². The van der Waals surface area contributed by atoms with Gasteiger partial charge in [-0.05, 0) is 62.3 Å². The minimum Gasteiger partial charge on any atom is -0.492 e. The summed E-state index contributed by atoms with van der Waals surface area (Å²) in [4.78, 5) is 6.77. The van der Waals surface area contributed by atoms with Crippen LogP contribution in [0.15, 0.2) is 42.5 Å². The fourth-order valence-corrected chi connectivity index (χ4v) is 2.63. The van der Waals surface area contributed by atoms with Gasteiger partial charge in [0.15, 0.2) is 0 Å². The van der Waals surface area contributed by atoms with E-state index in [1.54, 1.807) is 6.07 Å². The normalized spacial score (nSPS) is 13.3. The highest BCUT2D eigenvalue weighted by molar-refractivity contribution is 5.61. The number of pyridine rings is 1. The predicted octanol–water partition coefficient (Wildman–Crippen LogP) is 4.86. The third kappa shape index (κ3) is 7.14. The van der Waals surface area contributed by atoms with Crippen LogP contribution in [0.1, 0.15) is 40.5 Å². The van der Waals surface area contributed by atoms with E-state index in [1.807, 2.05) is 64.1 Å². The van der Waals surface area contributed by atoms with Crippen molar-refractivity contribution in [3.8, 4) is 17.0 Å². The smallest absolute Gasteiger partial charge is 0.124 e. The van der Waals surface area contributed by atoms with Crippen molar-refractivity contribution in [2.24, 2.45) is 0 Å². The zero-order valence-electron chi connectivity index (χ0n) is 16.2. The molecule has 0 radical (unpaired) electrons. The van der Waals surface area contributed by atoms with Crippen molar-refractivity contribution >= 4 is 5.82 Å². The molecule has 2 heterocycles. The van der Waals surface area contributed by atoms with Crippen molar-refractivity contribution in [1.82, 2.24) is 9.88 Å². The van der Waals surface area contributed by atoms with Crippen LogP contribution >= 0.6 is 0 Å². The number of ether oxygens (including phenoxy) is 1. The Labute approximate surface area is 153 Å². The van der Waals surface area contributed by atoms with Crippen molar-refractivity contribution in [2.75, 3.05) is 32.0 Å². The Morgan fingerprint density at radius 1 is 0.960 bits per heavy atom. The highest BCUT2D eigenvalue weighted by atomic mass is 16.5. The lowest BCUT2D eigenvalue weighted by molar-refractivity contribution is 0.238. The number of hydrogen-bond donors (Lipinski definition) is 1. The monoisotopic (exact) mass is 343 g/mol. The molecule has 0 saturated carbocycles. The number of nitrogens with two attached hydrogens (primary N) is 1. The molecule has 1 aromatic heterocycles. The van der Waals surface area contributed by atoms with Gasteiger partial charge >= 0.3 is 0 Å². The summed E-state index contributed by atoms with van der Waals surface area (Å²) < 4.78 is 5.80. The number of nitrogen functional groups attached to an aromatic ring is 1. The minimum atomic E-state index is 0.540. The highest BCUT2D eigenvalue weighted by Crippen LogP contribution is 2.21. The molecule has 1 fully saturated rings. The molecule has 2 N–H and O–H groups in total. The van der Waals surface area contributed by atoms with E-state index in [1.165, 1.54) is 25.9 Å².